The Bertz CT molecular complexity index is 511. The minimum absolute atomic E-state index is 0.728. The maximum Gasteiger partial charge on any atom is 0.416 e. The maximum atomic E-state index is 11.0. The minimum atomic E-state index is -0.938. The molecule has 0 aliphatic carbocycles. The molecule has 3 nitrogen and oxygen atoms in total. The second kappa shape index (κ2) is 2.87. The molecule has 0 atom stereocenters. The third-order valence-electron chi connectivity index (χ3n) is 2.56. The van der Waals surface area contributed by atoms with Gasteiger partial charge in [0.2, 0.25) is 0 Å². The molecule has 0 fully saturated rings. The van der Waals surface area contributed by atoms with E-state index in [-0.39, 0.29) is 0 Å². The van der Waals surface area contributed by atoms with Gasteiger partial charge in [-0.15, -0.1) is 0 Å². The summed E-state index contributed by atoms with van der Waals surface area (Å²) in [6, 6.07) is 8.26. The Balaban J connectivity index is 2.95. The first kappa shape index (κ1) is 8.81. The number of hydrogen-bond acceptors (Lipinski definition) is 1. The zero-order valence-corrected chi connectivity index (χ0v) is 8.03. The van der Waals surface area contributed by atoms with Crippen LogP contribution < -0.4 is 0 Å². The van der Waals surface area contributed by atoms with Gasteiger partial charge in [-0.25, -0.2) is 9.36 Å². The molecule has 14 heavy (non-hydrogen) atoms. The molecule has 0 aliphatic rings. The zero-order valence-electron chi connectivity index (χ0n) is 8.03. The van der Waals surface area contributed by atoms with Gasteiger partial charge in [0.15, 0.2) is 0 Å². The molecule has 0 saturated heterocycles. The fourth-order valence-electron chi connectivity index (χ4n) is 1.71. The van der Waals surface area contributed by atoms with E-state index < -0.39 is 6.09 Å². The lowest BCUT2D eigenvalue weighted by molar-refractivity contribution is 0.197. The van der Waals surface area contributed by atoms with Gasteiger partial charge in [-0.05, 0) is 37.6 Å². The third-order valence-corrected chi connectivity index (χ3v) is 2.56. The maximum absolute atomic E-state index is 11.0. The van der Waals surface area contributed by atoms with Crippen LogP contribution in [0.15, 0.2) is 18.2 Å². The molecule has 0 bridgehead atoms. The summed E-state index contributed by atoms with van der Waals surface area (Å²) >= 11 is 0. The van der Waals surface area contributed by atoms with Crippen molar-refractivity contribution in [1.82, 2.24) is 4.57 Å². The van der Waals surface area contributed by atoms with Gasteiger partial charge in [0, 0.05) is 11.1 Å². The Morgan fingerprint density at radius 1 is 1.50 bits per heavy atom. The van der Waals surface area contributed by atoms with Crippen molar-refractivity contribution in [2.45, 2.75) is 13.8 Å². The van der Waals surface area contributed by atoms with Crippen LogP contribution in [0.1, 0.15) is 11.3 Å². The number of aryl methyl sites for hydroxylation is 1. The molecule has 2 aromatic rings. The lowest BCUT2D eigenvalue weighted by atomic mass is 10.2. The molecule has 71 valence electrons. The van der Waals surface area contributed by atoms with Gasteiger partial charge in [0.05, 0.1) is 5.52 Å². The normalized spacial score (nSPS) is 10.7. The van der Waals surface area contributed by atoms with Crippen molar-refractivity contribution in [3.63, 3.8) is 0 Å². The van der Waals surface area contributed by atoms with E-state index in [4.69, 9.17) is 5.11 Å². The van der Waals surface area contributed by atoms with Crippen LogP contribution >= 0.6 is 0 Å². The Labute approximate surface area is 81.6 Å². The second-order valence-electron chi connectivity index (χ2n) is 3.27. The highest BCUT2D eigenvalue weighted by molar-refractivity contribution is 5.92. The molecular weight excluding hydrogens is 178 g/mol. The molecule has 1 aromatic heterocycles. The molecule has 0 spiro atoms. The summed E-state index contributed by atoms with van der Waals surface area (Å²) in [5, 5.41) is 9.98. The average Bonchev–Trinajstić information content (AvgIpc) is 2.41. The third kappa shape index (κ3) is 1.02. The van der Waals surface area contributed by atoms with Gasteiger partial charge in [-0.1, -0.05) is 6.07 Å². The summed E-state index contributed by atoms with van der Waals surface area (Å²) in [4.78, 5) is 11.0. The minimum Gasteiger partial charge on any atom is -0.464 e. The number of aromatic nitrogens is 1. The van der Waals surface area contributed by atoms with E-state index in [0.29, 0.717) is 0 Å². The van der Waals surface area contributed by atoms with Crippen molar-refractivity contribution in [1.29, 1.82) is 0 Å². The number of hydrogen-bond donors (Lipinski definition) is 1. The molecule has 2 rings (SSSR count). The van der Waals surface area contributed by atoms with Crippen molar-refractivity contribution < 1.29 is 9.90 Å². The summed E-state index contributed by atoms with van der Waals surface area (Å²) in [6.45, 7) is 3.73. The van der Waals surface area contributed by atoms with Gasteiger partial charge >= 0.3 is 6.09 Å². The molecule has 1 aromatic carbocycles. The number of rotatable bonds is 0. The number of nitrogens with zero attached hydrogens (tertiary/aromatic N) is 1. The van der Waals surface area contributed by atoms with E-state index in [1.807, 2.05) is 19.9 Å². The summed E-state index contributed by atoms with van der Waals surface area (Å²) in [5.74, 6) is 0. The van der Waals surface area contributed by atoms with Crippen molar-refractivity contribution in [2.24, 2.45) is 0 Å². The second-order valence-corrected chi connectivity index (χ2v) is 3.27. The van der Waals surface area contributed by atoms with Crippen molar-refractivity contribution in [2.75, 3.05) is 0 Å². The van der Waals surface area contributed by atoms with Crippen molar-refractivity contribution in [3.8, 4) is 0 Å². The molecule has 0 saturated carbocycles. The number of benzene rings is 1. The highest BCUT2D eigenvalue weighted by Crippen LogP contribution is 2.24. The van der Waals surface area contributed by atoms with Crippen LogP contribution in [0.2, 0.25) is 0 Å². The summed E-state index contributed by atoms with van der Waals surface area (Å²) in [6.07, 6.45) is -0.938. The van der Waals surface area contributed by atoms with E-state index in [2.05, 4.69) is 6.07 Å². The average molecular weight is 188 g/mol. The van der Waals surface area contributed by atoms with Crippen LogP contribution in [0.5, 0.6) is 0 Å². The number of carbonyl (C=O) groups is 1. The molecule has 0 amide bonds. The molecule has 1 radical (unpaired) electrons. The highest BCUT2D eigenvalue weighted by Gasteiger charge is 2.14. The molecule has 1 heterocycles. The van der Waals surface area contributed by atoms with Crippen LogP contribution in [0.25, 0.3) is 10.9 Å². The number of carboxylic acid groups (broad SMARTS) is 1. The Morgan fingerprint density at radius 3 is 2.86 bits per heavy atom. The Kier molecular flexibility index (Phi) is 1.81. The van der Waals surface area contributed by atoms with E-state index in [0.717, 1.165) is 22.2 Å². The lowest BCUT2D eigenvalue weighted by Gasteiger charge is -1.99. The van der Waals surface area contributed by atoms with Gasteiger partial charge < -0.3 is 5.11 Å². The van der Waals surface area contributed by atoms with Crippen LogP contribution in [0.3, 0.4) is 0 Å². The largest absolute Gasteiger partial charge is 0.464 e. The molecule has 3 heteroatoms. The monoisotopic (exact) mass is 188 g/mol. The topological polar surface area (TPSA) is 42.2 Å². The number of fused-ring (bicyclic) bond motifs is 1. The van der Waals surface area contributed by atoms with Gasteiger partial charge in [0.1, 0.15) is 0 Å². The first-order chi connectivity index (χ1) is 6.63. The molecule has 1 N–H and O–H groups in total. The first-order valence-corrected chi connectivity index (χ1v) is 4.34. The standard InChI is InChI=1S/C11H10NO2/c1-7-8(2)12(11(13)14)10-6-4-3-5-9(7)10/h4-6H,1-2H3,(H,13,14). The van der Waals surface area contributed by atoms with E-state index in [1.165, 1.54) is 4.57 Å². The van der Waals surface area contributed by atoms with E-state index in [9.17, 15) is 4.79 Å². The predicted octanol–water partition coefficient (Wildman–Crippen LogP) is 2.58. The fourth-order valence-corrected chi connectivity index (χ4v) is 1.71. The van der Waals surface area contributed by atoms with Gasteiger partial charge in [-0.3, -0.25) is 0 Å². The smallest absolute Gasteiger partial charge is 0.416 e. The SMILES string of the molecule is Cc1c(C)n(C(=O)O)c2cc[c]cc12. The summed E-state index contributed by atoms with van der Waals surface area (Å²) in [5.41, 5.74) is 2.50. The van der Waals surface area contributed by atoms with Crippen molar-refractivity contribution in [3.05, 3.63) is 35.5 Å². The lowest BCUT2D eigenvalue weighted by Crippen LogP contribution is -2.09. The molecular formula is C11H10NO2. The Hall–Kier alpha value is -1.77. The van der Waals surface area contributed by atoms with Crippen molar-refractivity contribution >= 4 is 17.0 Å². The van der Waals surface area contributed by atoms with Crippen LogP contribution in [-0.2, 0) is 0 Å². The molecule has 0 aliphatic heterocycles. The predicted molar refractivity (Wildman–Crippen MR) is 53.7 cm³/mol. The van der Waals surface area contributed by atoms with E-state index >= 15 is 0 Å². The zero-order chi connectivity index (χ0) is 10.3. The Morgan fingerprint density at radius 2 is 2.21 bits per heavy atom. The van der Waals surface area contributed by atoms with E-state index in [1.54, 1.807) is 12.1 Å². The van der Waals surface area contributed by atoms with Crippen LogP contribution in [-0.4, -0.2) is 15.8 Å². The molecule has 0 unspecified atom stereocenters. The summed E-state index contributed by atoms with van der Waals surface area (Å²) in [7, 11) is 0. The quantitative estimate of drug-likeness (QED) is 0.690. The van der Waals surface area contributed by atoms with Gasteiger partial charge in [-0.2, -0.15) is 0 Å². The van der Waals surface area contributed by atoms with Crippen LogP contribution in [0.4, 0.5) is 4.79 Å². The fraction of sp³-hybridized carbons (Fsp3) is 0.182. The first-order valence-electron chi connectivity index (χ1n) is 4.34. The van der Waals surface area contributed by atoms with Gasteiger partial charge in [0.25, 0.3) is 0 Å². The highest BCUT2D eigenvalue weighted by atomic mass is 16.4. The summed E-state index contributed by atoms with van der Waals surface area (Å²) < 4.78 is 1.30. The van der Waals surface area contributed by atoms with Crippen LogP contribution in [0, 0.1) is 19.9 Å².